The van der Waals surface area contributed by atoms with Gasteiger partial charge >= 0.3 is 0 Å². The number of hydrogen-bond donors (Lipinski definition) is 3. The van der Waals surface area contributed by atoms with E-state index in [4.69, 9.17) is 16.3 Å². The van der Waals surface area contributed by atoms with Gasteiger partial charge in [-0.3, -0.25) is 20.4 Å². The average molecular weight is 440 g/mol. The van der Waals surface area contributed by atoms with E-state index in [9.17, 15) is 18.0 Å². The van der Waals surface area contributed by atoms with Gasteiger partial charge in [-0.25, -0.2) is 8.42 Å². The van der Waals surface area contributed by atoms with Crippen molar-refractivity contribution in [1.29, 1.82) is 0 Å². The van der Waals surface area contributed by atoms with Crippen molar-refractivity contribution in [2.45, 2.75) is 24.8 Å². The number of methoxy groups -OCH3 is 1. The van der Waals surface area contributed by atoms with E-state index in [1.54, 1.807) is 38.1 Å². The van der Waals surface area contributed by atoms with Crippen molar-refractivity contribution < 1.29 is 22.7 Å². The molecule has 0 spiro atoms. The maximum absolute atomic E-state index is 12.5. The van der Waals surface area contributed by atoms with E-state index >= 15 is 0 Å². The highest BCUT2D eigenvalue weighted by molar-refractivity contribution is 7.89. The first-order valence-corrected chi connectivity index (χ1v) is 10.5. The molecule has 8 nitrogen and oxygen atoms in total. The molecule has 1 atom stereocenters. The van der Waals surface area contributed by atoms with Gasteiger partial charge in [0.25, 0.3) is 11.8 Å². The lowest BCUT2D eigenvalue weighted by Crippen LogP contribution is -2.54. The first-order chi connectivity index (χ1) is 13.7. The van der Waals surface area contributed by atoms with Gasteiger partial charge in [0, 0.05) is 5.02 Å². The van der Waals surface area contributed by atoms with Gasteiger partial charge in [-0.15, -0.1) is 0 Å². The summed E-state index contributed by atoms with van der Waals surface area (Å²) < 4.78 is 32.5. The molecule has 0 aliphatic heterocycles. The molecule has 3 N–H and O–H groups in total. The predicted molar refractivity (Wildman–Crippen MR) is 109 cm³/mol. The van der Waals surface area contributed by atoms with Crippen LogP contribution in [0.25, 0.3) is 0 Å². The van der Waals surface area contributed by atoms with Crippen LogP contribution in [0.1, 0.15) is 24.2 Å². The molecule has 2 aromatic rings. The highest BCUT2D eigenvalue weighted by Crippen LogP contribution is 2.22. The third-order valence-corrected chi connectivity index (χ3v) is 5.68. The first-order valence-electron chi connectivity index (χ1n) is 8.67. The molecule has 0 saturated heterocycles. The van der Waals surface area contributed by atoms with Gasteiger partial charge in [0.15, 0.2) is 0 Å². The average Bonchev–Trinajstić information content (AvgIpc) is 2.70. The van der Waals surface area contributed by atoms with Gasteiger partial charge in [0.05, 0.1) is 17.6 Å². The Balaban J connectivity index is 2.11. The van der Waals surface area contributed by atoms with Gasteiger partial charge in [0.1, 0.15) is 11.8 Å². The van der Waals surface area contributed by atoms with Crippen LogP contribution in [0, 0.1) is 5.92 Å². The molecule has 2 rings (SSSR count). The normalized spacial score (nSPS) is 12.3. The Kier molecular flexibility index (Phi) is 7.60. The summed E-state index contributed by atoms with van der Waals surface area (Å²) in [4.78, 5) is 25.0. The molecule has 0 aliphatic carbocycles. The Hall–Kier alpha value is -2.62. The maximum Gasteiger partial charge on any atom is 0.273 e. The molecule has 0 aromatic heterocycles. The molecule has 0 unspecified atom stereocenters. The molecule has 2 aromatic carbocycles. The number of benzene rings is 2. The van der Waals surface area contributed by atoms with Crippen molar-refractivity contribution in [2.24, 2.45) is 5.92 Å². The zero-order valence-electron chi connectivity index (χ0n) is 16.1. The minimum Gasteiger partial charge on any atom is -0.496 e. The molecule has 2 amide bonds. The fraction of sp³-hybridized carbons (Fsp3) is 0.263. The summed E-state index contributed by atoms with van der Waals surface area (Å²) in [6.45, 7) is 3.36. The van der Waals surface area contributed by atoms with Crippen LogP contribution < -0.4 is 20.3 Å². The lowest BCUT2D eigenvalue weighted by atomic mass is 10.1. The van der Waals surface area contributed by atoms with Crippen LogP contribution in [0.15, 0.2) is 53.4 Å². The van der Waals surface area contributed by atoms with E-state index in [1.165, 1.54) is 31.4 Å². The molecule has 0 bridgehead atoms. The molecule has 0 heterocycles. The smallest absolute Gasteiger partial charge is 0.273 e. The standard InChI is InChI=1S/C19H22ClN3O5S/c1-12(2)17(23-29(26,27)14-7-5-4-6-8-14)19(25)22-21-18(24)15-11-13(20)9-10-16(15)28-3/h4-12,17,23H,1-3H3,(H,21,24)(H,22,25)/t17-/m1/s1. The molecule has 0 aliphatic rings. The highest BCUT2D eigenvalue weighted by atomic mass is 35.5. The van der Waals surface area contributed by atoms with Crippen molar-refractivity contribution in [2.75, 3.05) is 7.11 Å². The summed E-state index contributed by atoms with van der Waals surface area (Å²) in [7, 11) is -2.52. The number of sulfonamides is 1. The van der Waals surface area contributed by atoms with Crippen LogP contribution >= 0.6 is 11.6 Å². The quantitative estimate of drug-likeness (QED) is 0.572. The summed E-state index contributed by atoms with van der Waals surface area (Å²) in [6, 6.07) is 11.0. The summed E-state index contributed by atoms with van der Waals surface area (Å²) >= 11 is 5.90. The Morgan fingerprint density at radius 1 is 1.03 bits per heavy atom. The number of rotatable bonds is 7. The number of amides is 2. The Labute approximate surface area is 174 Å². The van der Waals surface area contributed by atoms with Crippen molar-refractivity contribution in [1.82, 2.24) is 15.6 Å². The van der Waals surface area contributed by atoms with Crippen LogP contribution in [0.5, 0.6) is 5.75 Å². The second kappa shape index (κ2) is 9.73. The molecule has 0 fully saturated rings. The first kappa shape index (κ1) is 22.7. The van der Waals surface area contributed by atoms with Crippen molar-refractivity contribution in [3.05, 3.63) is 59.1 Å². The van der Waals surface area contributed by atoms with Crippen LogP contribution in [0.3, 0.4) is 0 Å². The Morgan fingerprint density at radius 2 is 1.69 bits per heavy atom. The molecule has 10 heteroatoms. The topological polar surface area (TPSA) is 114 Å². The third kappa shape index (κ3) is 5.93. The second-order valence-corrected chi connectivity index (χ2v) is 8.59. The number of nitrogens with one attached hydrogen (secondary N) is 3. The van der Waals surface area contributed by atoms with Crippen molar-refractivity contribution in [3.63, 3.8) is 0 Å². The van der Waals surface area contributed by atoms with Gasteiger partial charge in [-0.1, -0.05) is 43.6 Å². The zero-order valence-corrected chi connectivity index (χ0v) is 17.7. The Morgan fingerprint density at radius 3 is 2.28 bits per heavy atom. The lowest BCUT2D eigenvalue weighted by Gasteiger charge is -2.22. The number of hydrogen-bond acceptors (Lipinski definition) is 5. The largest absolute Gasteiger partial charge is 0.496 e. The number of carbonyl (C=O) groups is 2. The van der Waals surface area contributed by atoms with E-state index in [1.807, 2.05) is 0 Å². The van der Waals surface area contributed by atoms with Gasteiger partial charge in [-0.05, 0) is 36.2 Å². The number of halogens is 1. The number of carbonyl (C=O) groups excluding carboxylic acids is 2. The van der Waals surface area contributed by atoms with Crippen LogP contribution in [-0.2, 0) is 14.8 Å². The van der Waals surface area contributed by atoms with E-state index in [0.717, 1.165) is 0 Å². The highest BCUT2D eigenvalue weighted by Gasteiger charge is 2.28. The fourth-order valence-corrected chi connectivity index (χ4v) is 3.99. The summed E-state index contributed by atoms with van der Waals surface area (Å²) in [5, 5.41) is 0.318. The van der Waals surface area contributed by atoms with E-state index in [0.29, 0.717) is 5.02 Å². The summed E-state index contributed by atoms with van der Waals surface area (Å²) in [5.74, 6) is -1.49. The number of ether oxygens (including phenoxy) is 1. The minimum atomic E-state index is -3.92. The molecule has 0 saturated carbocycles. The molecule has 0 radical (unpaired) electrons. The van der Waals surface area contributed by atoms with Crippen molar-refractivity contribution in [3.8, 4) is 5.75 Å². The van der Waals surface area contributed by atoms with Gasteiger partial charge in [-0.2, -0.15) is 4.72 Å². The minimum absolute atomic E-state index is 0.0335. The fourth-order valence-electron chi connectivity index (χ4n) is 2.45. The lowest BCUT2D eigenvalue weighted by molar-refractivity contribution is -0.124. The van der Waals surface area contributed by atoms with Crippen LogP contribution in [0.4, 0.5) is 0 Å². The molecular weight excluding hydrogens is 418 g/mol. The second-order valence-electron chi connectivity index (χ2n) is 6.44. The van der Waals surface area contributed by atoms with E-state index in [-0.39, 0.29) is 22.1 Å². The number of hydrazine groups is 1. The molecule has 156 valence electrons. The monoisotopic (exact) mass is 439 g/mol. The van der Waals surface area contributed by atoms with Gasteiger partial charge < -0.3 is 4.74 Å². The van der Waals surface area contributed by atoms with Crippen LogP contribution in [-0.4, -0.2) is 33.4 Å². The van der Waals surface area contributed by atoms with Crippen LogP contribution in [0.2, 0.25) is 5.02 Å². The summed E-state index contributed by atoms with van der Waals surface area (Å²) in [5.41, 5.74) is 4.61. The predicted octanol–water partition coefficient (Wildman–Crippen LogP) is 2.11. The molecular formula is C19H22ClN3O5S. The Bertz CT molecular complexity index is 981. The maximum atomic E-state index is 12.5. The SMILES string of the molecule is COc1ccc(Cl)cc1C(=O)NNC(=O)[C@H](NS(=O)(=O)c1ccccc1)C(C)C. The summed E-state index contributed by atoms with van der Waals surface area (Å²) in [6.07, 6.45) is 0. The van der Waals surface area contributed by atoms with E-state index < -0.39 is 27.9 Å². The zero-order chi connectivity index (χ0) is 21.6. The van der Waals surface area contributed by atoms with E-state index in [2.05, 4.69) is 15.6 Å². The third-order valence-electron chi connectivity index (χ3n) is 3.99. The molecule has 29 heavy (non-hydrogen) atoms. The van der Waals surface area contributed by atoms with Gasteiger partial charge in [0.2, 0.25) is 10.0 Å². The van der Waals surface area contributed by atoms with Crippen molar-refractivity contribution >= 4 is 33.4 Å².